The highest BCUT2D eigenvalue weighted by atomic mass is 16.4. The molecule has 90 valence electrons. The first-order valence-corrected chi connectivity index (χ1v) is 5.66. The molecule has 1 N–H and O–H groups in total. The summed E-state index contributed by atoms with van der Waals surface area (Å²) in [4.78, 5) is 12.4. The maximum Gasteiger partial charge on any atom is 0.330 e. The van der Waals surface area contributed by atoms with Crippen LogP contribution in [0.3, 0.4) is 0 Å². The molecule has 0 saturated heterocycles. The molecule has 0 aliphatic heterocycles. The van der Waals surface area contributed by atoms with Crippen molar-refractivity contribution < 1.29 is 9.90 Å². The average molecular weight is 215 g/mol. The third kappa shape index (κ3) is 11.1. The summed E-state index contributed by atoms with van der Waals surface area (Å²) in [5, 5.41) is 8.21. The normalized spacial score (nSPS) is 9.40. The van der Waals surface area contributed by atoms with Crippen LogP contribution >= 0.6 is 0 Å². The minimum atomic E-state index is -0.883. The molecule has 0 amide bonds. The Hall–Kier alpha value is -0.830. The van der Waals surface area contributed by atoms with Crippen molar-refractivity contribution in [1.82, 2.24) is 4.90 Å². The van der Waals surface area contributed by atoms with Gasteiger partial charge in [0.2, 0.25) is 0 Å². The third-order valence-electron chi connectivity index (χ3n) is 2.20. The summed E-state index contributed by atoms with van der Waals surface area (Å²) in [7, 11) is 0. The Labute approximate surface area is 93.8 Å². The number of rotatable bonds is 6. The van der Waals surface area contributed by atoms with E-state index in [2.05, 4.69) is 32.3 Å². The zero-order valence-electron chi connectivity index (χ0n) is 10.5. The molecule has 0 atom stereocenters. The van der Waals surface area contributed by atoms with E-state index >= 15 is 0 Å². The van der Waals surface area contributed by atoms with Crippen LogP contribution < -0.4 is 0 Å². The van der Waals surface area contributed by atoms with Gasteiger partial charge in [-0.2, -0.15) is 0 Å². The molecule has 0 aromatic rings. The van der Waals surface area contributed by atoms with Gasteiger partial charge in [-0.05, 0) is 26.1 Å². The highest BCUT2D eigenvalue weighted by Crippen LogP contribution is 1.99. The van der Waals surface area contributed by atoms with Crippen molar-refractivity contribution in [2.75, 3.05) is 19.6 Å². The molecule has 15 heavy (non-hydrogen) atoms. The smallest absolute Gasteiger partial charge is 0.330 e. The van der Waals surface area contributed by atoms with Gasteiger partial charge in [-0.15, -0.1) is 0 Å². The van der Waals surface area contributed by atoms with E-state index < -0.39 is 5.97 Å². The van der Waals surface area contributed by atoms with Crippen LogP contribution in [-0.4, -0.2) is 35.6 Å². The maximum atomic E-state index is 9.99. The lowest BCUT2D eigenvalue weighted by Crippen LogP contribution is -2.21. The topological polar surface area (TPSA) is 40.5 Å². The zero-order chi connectivity index (χ0) is 12.3. The molecular weight excluding hydrogens is 190 g/mol. The van der Waals surface area contributed by atoms with Crippen LogP contribution in [-0.2, 0) is 4.79 Å². The van der Waals surface area contributed by atoms with Gasteiger partial charge in [0, 0.05) is 5.57 Å². The number of hydrogen-bond donors (Lipinski definition) is 1. The first kappa shape index (κ1) is 16.6. The Morgan fingerprint density at radius 3 is 1.60 bits per heavy atom. The van der Waals surface area contributed by atoms with Crippen molar-refractivity contribution in [1.29, 1.82) is 0 Å². The molecule has 0 aromatic carbocycles. The Morgan fingerprint density at radius 2 is 1.53 bits per heavy atom. The average Bonchev–Trinajstić information content (AvgIpc) is 2.21. The number of hydrogen-bond acceptors (Lipinski definition) is 2. The van der Waals surface area contributed by atoms with Gasteiger partial charge in [0.1, 0.15) is 0 Å². The van der Waals surface area contributed by atoms with Crippen molar-refractivity contribution >= 4 is 5.97 Å². The Bertz CT molecular complexity index is 169. The van der Waals surface area contributed by atoms with Gasteiger partial charge in [0.15, 0.2) is 0 Å². The van der Waals surface area contributed by atoms with Crippen molar-refractivity contribution in [3.63, 3.8) is 0 Å². The van der Waals surface area contributed by atoms with Crippen LogP contribution in [0, 0.1) is 0 Å². The third-order valence-corrected chi connectivity index (χ3v) is 2.20. The van der Waals surface area contributed by atoms with E-state index in [-0.39, 0.29) is 0 Å². The monoisotopic (exact) mass is 215 g/mol. The van der Waals surface area contributed by atoms with Gasteiger partial charge in [-0.3, -0.25) is 0 Å². The van der Waals surface area contributed by atoms with Crippen molar-refractivity contribution in [2.24, 2.45) is 0 Å². The predicted octanol–water partition coefficient (Wildman–Crippen LogP) is 2.78. The summed E-state index contributed by atoms with van der Waals surface area (Å²) in [6.07, 6.45) is 1.44. The Morgan fingerprint density at radius 1 is 1.13 bits per heavy atom. The highest BCUT2D eigenvalue weighted by Gasteiger charge is 1.99. The van der Waals surface area contributed by atoms with Crippen molar-refractivity contribution in [3.05, 3.63) is 12.2 Å². The molecule has 0 rings (SSSR count). The number of carboxylic acids is 1. The maximum absolute atomic E-state index is 9.99. The fraction of sp³-hybridized carbons (Fsp3) is 0.750. The lowest BCUT2D eigenvalue weighted by atomic mass is 10.2. The number of carboxylic acid groups (broad SMARTS) is 1. The molecule has 3 nitrogen and oxygen atoms in total. The number of nitrogens with zero attached hydrogens (tertiary/aromatic N) is 1. The summed E-state index contributed by atoms with van der Waals surface area (Å²) in [5.74, 6) is -0.883. The second-order valence-corrected chi connectivity index (χ2v) is 3.28. The van der Waals surface area contributed by atoms with Crippen LogP contribution in [0.2, 0.25) is 0 Å². The Balaban J connectivity index is 0. The van der Waals surface area contributed by atoms with E-state index in [0.29, 0.717) is 12.0 Å². The molecule has 0 saturated carbocycles. The SMILES string of the molecule is C=C(CCC)C(=O)O.CCN(CC)CC. The fourth-order valence-corrected chi connectivity index (χ4v) is 1.08. The van der Waals surface area contributed by atoms with Crippen LogP contribution in [0.15, 0.2) is 12.2 Å². The van der Waals surface area contributed by atoms with Gasteiger partial charge < -0.3 is 10.0 Å². The molecule has 0 aliphatic carbocycles. The number of carbonyl (C=O) groups is 1. The summed E-state index contributed by atoms with van der Waals surface area (Å²) in [6.45, 7) is 15.4. The van der Waals surface area contributed by atoms with Gasteiger partial charge in [0.25, 0.3) is 0 Å². The lowest BCUT2D eigenvalue weighted by Gasteiger charge is -2.13. The van der Waals surface area contributed by atoms with Crippen molar-refractivity contribution in [3.8, 4) is 0 Å². The second kappa shape index (κ2) is 11.2. The van der Waals surface area contributed by atoms with Gasteiger partial charge in [0.05, 0.1) is 0 Å². The van der Waals surface area contributed by atoms with E-state index in [1.165, 1.54) is 19.6 Å². The summed E-state index contributed by atoms with van der Waals surface area (Å²) in [5.41, 5.74) is 0.299. The van der Waals surface area contributed by atoms with E-state index in [1.54, 1.807) is 0 Å². The fourth-order valence-electron chi connectivity index (χ4n) is 1.08. The second-order valence-electron chi connectivity index (χ2n) is 3.28. The van der Waals surface area contributed by atoms with E-state index in [0.717, 1.165) is 6.42 Å². The molecule has 0 fully saturated rings. The molecule has 0 bridgehead atoms. The highest BCUT2D eigenvalue weighted by molar-refractivity contribution is 5.85. The van der Waals surface area contributed by atoms with Gasteiger partial charge >= 0.3 is 5.97 Å². The molecule has 0 heterocycles. The molecule has 0 aliphatic rings. The standard InChI is InChI=1S/C6H15N.C6H10O2/c1-4-7(5-2)6-3;1-3-4-5(2)6(7)8/h4-6H2,1-3H3;2-4H2,1H3,(H,7,8). The van der Waals surface area contributed by atoms with Crippen LogP contribution in [0.4, 0.5) is 0 Å². The predicted molar refractivity (Wildman–Crippen MR) is 65.1 cm³/mol. The summed E-state index contributed by atoms with van der Waals surface area (Å²) >= 11 is 0. The lowest BCUT2D eigenvalue weighted by molar-refractivity contribution is -0.132. The summed E-state index contributed by atoms with van der Waals surface area (Å²) in [6, 6.07) is 0. The van der Waals surface area contributed by atoms with E-state index in [4.69, 9.17) is 5.11 Å². The first-order valence-electron chi connectivity index (χ1n) is 5.66. The molecule has 0 unspecified atom stereocenters. The zero-order valence-corrected chi connectivity index (χ0v) is 10.5. The molecule has 0 aromatic heterocycles. The van der Waals surface area contributed by atoms with Gasteiger partial charge in [-0.1, -0.05) is 40.7 Å². The molecule has 0 radical (unpaired) electrons. The molecule has 3 heteroatoms. The Kier molecular flexibility index (Phi) is 12.4. The quantitative estimate of drug-likeness (QED) is 0.693. The van der Waals surface area contributed by atoms with Crippen LogP contribution in [0.5, 0.6) is 0 Å². The van der Waals surface area contributed by atoms with Gasteiger partial charge in [-0.25, -0.2) is 4.79 Å². The molecular formula is C12H25NO2. The van der Waals surface area contributed by atoms with Crippen LogP contribution in [0.1, 0.15) is 40.5 Å². The summed E-state index contributed by atoms with van der Waals surface area (Å²) < 4.78 is 0. The number of aliphatic carboxylic acids is 1. The molecule has 0 spiro atoms. The van der Waals surface area contributed by atoms with Crippen LogP contribution in [0.25, 0.3) is 0 Å². The van der Waals surface area contributed by atoms with Crippen molar-refractivity contribution in [2.45, 2.75) is 40.5 Å². The first-order chi connectivity index (χ1) is 7.03. The largest absolute Gasteiger partial charge is 0.478 e. The van der Waals surface area contributed by atoms with E-state index in [9.17, 15) is 4.79 Å². The van der Waals surface area contributed by atoms with E-state index in [1.807, 2.05) is 6.92 Å². The minimum absolute atomic E-state index is 0.299. The minimum Gasteiger partial charge on any atom is -0.478 e.